The summed E-state index contributed by atoms with van der Waals surface area (Å²) >= 11 is 0. The van der Waals surface area contributed by atoms with Gasteiger partial charge in [0.15, 0.2) is 0 Å². The summed E-state index contributed by atoms with van der Waals surface area (Å²) in [6.07, 6.45) is 8.28. The molecule has 0 unspecified atom stereocenters. The molecule has 5 rings (SSSR count). The smallest absolute Gasteiger partial charge is 0.226 e. The van der Waals surface area contributed by atoms with Crippen LogP contribution in [0.15, 0.2) is 24.3 Å². The summed E-state index contributed by atoms with van der Waals surface area (Å²) in [5, 5.41) is 0. The predicted octanol–water partition coefficient (Wildman–Crippen LogP) is 3.31. The van der Waals surface area contributed by atoms with Gasteiger partial charge in [0.2, 0.25) is 11.8 Å². The lowest BCUT2D eigenvalue weighted by atomic mass is 9.93. The van der Waals surface area contributed by atoms with E-state index in [1.807, 2.05) is 4.90 Å². The molecule has 4 nitrogen and oxygen atoms in total. The number of carbonyl (C=O) groups is 2. The second kappa shape index (κ2) is 6.40. The van der Waals surface area contributed by atoms with Gasteiger partial charge in [-0.2, -0.15) is 0 Å². The van der Waals surface area contributed by atoms with Crippen LogP contribution in [0.3, 0.4) is 0 Å². The maximum Gasteiger partial charge on any atom is 0.226 e. The van der Waals surface area contributed by atoms with E-state index in [0.717, 1.165) is 64.5 Å². The summed E-state index contributed by atoms with van der Waals surface area (Å²) in [5.41, 5.74) is 2.79. The Kier molecular flexibility index (Phi) is 4.02. The van der Waals surface area contributed by atoms with Gasteiger partial charge in [0.25, 0.3) is 0 Å². The third-order valence-corrected chi connectivity index (χ3v) is 6.71. The number of hydrogen-bond donors (Lipinski definition) is 0. The Balaban J connectivity index is 1.28. The van der Waals surface area contributed by atoms with Gasteiger partial charge in [-0.25, -0.2) is 0 Å². The van der Waals surface area contributed by atoms with E-state index in [0.29, 0.717) is 23.8 Å². The average Bonchev–Trinajstić information content (AvgIpc) is 3.60. The number of fused-ring (bicyclic) bond motifs is 1. The summed E-state index contributed by atoms with van der Waals surface area (Å²) in [7, 11) is 0. The van der Waals surface area contributed by atoms with Gasteiger partial charge in [0.05, 0.1) is 6.04 Å². The number of nitrogens with zero attached hydrogens (tertiary/aromatic N) is 2. The molecule has 1 saturated heterocycles. The fraction of sp³-hybridized carbons (Fsp3) is 0.636. The topological polar surface area (TPSA) is 40.6 Å². The van der Waals surface area contributed by atoms with E-state index in [4.69, 9.17) is 0 Å². The summed E-state index contributed by atoms with van der Waals surface area (Å²) in [5.74, 6) is 1.08. The maximum atomic E-state index is 13.4. The van der Waals surface area contributed by atoms with Crippen molar-refractivity contribution in [2.45, 2.75) is 63.5 Å². The van der Waals surface area contributed by atoms with Gasteiger partial charge in [-0.3, -0.25) is 9.59 Å². The molecule has 1 aliphatic heterocycles. The highest BCUT2D eigenvalue weighted by Gasteiger charge is 2.43. The molecular weight excluding hydrogens is 324 g/mol. The number of hydrogen-bond acceptors (Lipinski definition) is 2. The molecule has 1 atom stereocenters. The van der Waals surface area contributed by atoms with Crippen LogP contribution in [-0.4, -0.2) is 40.7 Å². The molecule has 1 aromatic rings. The van der Waals surface area contributed by atoms with Gasteiger partial charge in [0, 0.05) is 31.0 Å². The molecular formula is C22H28N2O2. The van der Waals surface area contributed by atoms with E-state index in [1.165, 1.54) is 11.1 Å². The molecule has 0 bridgehead atoms. The molecule has 0 aromatic heterocycles. The van der Waals surface area contributed by atoms with E-state index >= 15 is 0 Å². The van der Waals surface area contributed by atoms with Crippen molar-refractivity contribution < 1.29 is 9.59 Å². The van der Waals surface area contributed by atoms with E-state index in [9.17, 15) is 9.59 Å². The van der Waals surface area contributed by atoms with Gasteiger partial charge >= 0.3 is 0 Å². The lowest BCUT2D eigenvalue weighted by Crippen LogP contribution is -2.46. The van der Waals surface area contributed by atoms with E-state index in [1.54, 1.807) is 0 Å². The number of aryl methyl sites for hydroxylation is 1. The maximum absolute atomic E-state index is 13.4. The second-order valence-electron chi connectivity index (χ2n) is 8.60. The molecule has 0 radical (unpaired) electrons. The minimum absolute atomic E-state index is 0.103. The minimum atomic E-state index is 0.103. The number of likely N-dealkylation sites (tertiary alicyclic amines) is 1. The van der Waals surface area contributed by atoms with Crippen molar-refractivity contribution in [3.8, 4) is 0 Å². The third kappa shape index (κ3) is 2.93. The van der Waals surface area contributed by atoms with Crippen molar-refractivity contribution in [2.75, 3.05) is 13.1 Å². The average molecular weight is 352 g/mol. The Hall–Kier alpha value is -1.84. The minimum Gasteiger partial charge on any atom is -0.342 e. The van der Waals surface area contributed by atoms with Crippen molar-refractivity contribution >= 4 is 11.8 Å². The first-order valence-electron chi connectivity index (χ1n) is 10.4. The zero-order valence-electron chi connectivity index (χ0n) is 15.4. The quantitative estimate of drug-likeness (QED) is 0.834. The Morgan fingerprint density at radius 3 is 2.31 bits per heavy atom. The van der Waals surface area contributed by atoms with Gasteiger partial charge in [0.1, 0.15) is 0 Å². The van der Waals surface area contributed by atoms with Crippen LogP contribution in [-0.2, 0) is 16.0 Å². The molecule has 26 heavy (non-hydrogen) atoms. The molecule has 138 valence electrons. The number of carbonyl (C=O) groups excluding carboxylic acids is 2. The van der Waals surface area contributed by atoms with Crippen molar-refractivity contribution in [2.24, 2.45) is 11.8 Å². The largest absolute Gasteiger partial charge is 0.342 e. The third-order valence-electron chi connectivity index (χ3n) is 6.71. The van der Waals surface area contributed by atoms with Crippen LogP contribution in [0.5, 0.6) is 0 Å². The molecule has 4 aliphatic rings. The zero-order chi connectivity index (χ0) is 17.7. The fourth-order valence-corrected chi connectivity index (χ4v) is 4.91. The number of benzene rings is 1. The van der Waals surface area contributed by atoms with E-state index in [-0.39, 0.29) is 12.0 Å². The summed E-state index contributed by atoms with van der Waals surface area (Å²) in [6.45, 7) is 1.54. The van der Waals surface area contributed by atoms with E-state index < -0.39 is 0 Å². The van der Waals surface area contributed by atoms with Crippen LogP contribution >= 0.6 is 0 Å². The van der Waals surface area contributed by atoms with Crippen LogP contribution in [0.4, 0.5) is 0 Å². The first-order chi connectivity index (χ1) is 12.7. The monoisotopic (exact) mass is 352 g/mol. The van der Waals surface area contributed by atoms with Gasteiger partial charge in [-0.05, 0) is 62.5 Å². The predicted molar refractivity (Wildman–Crippen MR) is 99.4 cm³/mol. The first-order valence-corrected chi connectivity index (χ1v) is 10.4. The standard InChI is InChI=1S/C22H28N2O2/c25-21(16-5-6-16)23-13-11-17(12-14-23)22(26)24(18-8-9-18)20-10-7-15-3-1-2-4-19(15)20/h1-4,16-18,20H,5-14H2/t20-/m0/s1. The van der Waals surface area contributed by atoms with Gasteiger partial charge in [-0.15, -0.1) is 0 Å². The van der Waals surface area contributed by atoms with Crippen molar-refractivity contribution in [3.05, 3.63) is 35.4 Å². The Morgan fingerprint density at radius 2 is 1.62 bits per heavy atom. The highest BCUT2D eigenvalue weighted by atomic mass is 16.2. The molecule has 2 amide bonds. The van der Waals surface area contributed by atoms with Crippen LogP contribution in [0.25, 0.3) is 0 Å². The van der Waals surface area contributed by atoms with Crippen LogP contribution in [0, 0.1) is 11.8 Å². The molecule has 2 saturated carbocycles. The van der Waals surface area contributed by atoms with Crippen LogP contribution in [0.1, 0.15) is 62.1 Å². The summed E-state index contributed by atoms with van der Waals surface area (Å²) < 4.78 is 0. The molecule has 0 N–H and O–H groups in total. The summed E-state index contributed by atoms with van der Waals surface area (Å²) in [4.78, 5) is 29.9. The molecule has 1 heterocycles. The molecule has 3 aliphatic carbocycles. The van der Waals surface area contributed by atoms with Gasteiger partial charge in [-0.1, -0.05) is 24.3 Å². The van der Waals surface area contributed by atoms with Gasteiger partial charge < -0.3 is 9.80 Å². The van der Waals surface area contributed by atoms with Crippen molar-refractivity contribution in [1.29, 1.82) is 0 Å². The molecule has 4 heteroatoms. The zero-order valence-corrected chi connectivity index (χ0v) is 15.4. The van der Waals surface area contributed by atoms with Crippen LogP contribution in [0.2, 0.25) is 0 Å². The Labute approximate surface area is 155 Å². The highest BCUT2D eigenvalue weighted by molar-refractivity contribution is 5.83. The Morgan fingerprint density at radius 1 is 0.885 bits per heavy atom. The van der Waals surface area contributed by atoms with E-state index in [2.05, 4.69) is 29.2 Å². The Bertz CT molecular complexity index is 715. The highest BCUT2D eigenvalue weighted by Crippen LogP contribution is 2.43. The lowest BCUT2D eigenvalue weighted by molar-refractivity contribution is -0.143. The van der Waals surface area contributed by atoms with Crippen molar-refractivity contribution in [3.63, 3.8) is 0 Å². The SMILES string of the molecule is O=C(C1CC1)N1CCC(C(=O)N(C2CC2)[C@H]2CCc3ccccc32)CC1. The normalized spacial score (nSPS) is 25.8. The molecule has 3 fully saturated rings. The number of piperidine rings is 1. The summed E-state index contributed by atoms with van der Waals surface area (Å²) in [6, 6.07) is 9.37. The second-order valence-corrected chi connectivity index (χ2v) is 8.60. The molecule has 0 spiro atoms. The number of rotatable bonds is 4. The lowest BCUT2D eigenvalue weighted by Gasteiger charge is -2.37. The first kappa shape index (κ1) is 16.3. The number of amides is 2. The fourth-order valence-electron chi connectivity index (χ4n) is 4.91. The van der Waals surface area contributed by atoms with Crippen molar-refractivity contribution in [1.82, 2.24) is 9.80 Å². The van der Waals surface area contributed by atoms with Crippen LogP contribution < -0.4 is 0 Å². The molecule has 1 aromatic carbocycles.